The number of halogens is 1. The molecule has 1 heterocycles. The van der Waals surface area contributed by atoms with Gasteiger partial charge in [0.05, 0.1) is 25.2 Å². The fraction of sp³-hybridized carbons (Fsp3) is 0.143. The predicted molar refractivity (Wildman–Crippen MR) is 93.1 cm³/mol. The minimum absolute atomic E-state index is 0.0957. The van der Waals surface area contributed by atoms with Gasteiger partial charge in [0.25, 0.3) is 0 Å². The van der Waals surface area contributed by atoms with Crippen molar-refractivity contribution in [2.45, 2.75) is 13.0 Å². The number of nitrogens with two attached hydrogens (primary N) is 1. The molecular weight excluding hydrogens is 364 g/mol. The number of nitrogens with zero attached hydrogens (tertiary/aromatic N) is 4. The molecule has 0 aliphatic rings. The Morgan fingerprint density at radius 3 is 2.86 bits per heavy atom. The maximum atomic E-state index is 8.69. The molecule has 0 unspecified atom stereocenters. The predicted octanol–water partition coefficient (Wildman–Crippen LogP) is 2.39. The molecule has 22 heavy (non-hydrogen) atoms. The summed E-state index contributed by atoms with van der Waals surface area (Å²) in [7, 11) is 0. The van der Waals surface area contributed by atoms with E-state index >= 15 is 0 Å². The van der Waals surface area contributed by atoms with E-state index in [1.807, 2.05) is 30.5 Å². The number of rotatable bonds is 5. The van der Waals surface area contributed by atoms with Crippen molar-refractivity contribution < 1.29 is 0 Å². The Morgan fingerprint density at radius 1 is 1.50 bits per heavy atom. The van der Waals surface area contributed by atoms with Crippen molar-refractivity contribution in [1.82, 2.24) is 15.2 Å². The van der Waals surface area contributed by atoms with Gasteiger partial charge in [0.2, 0.25) is 0 Å². The minimum atomic E-state index is 0.0957. The summed E-state index contributed by atoms with van der Waals surface area (Å²) in [6.45, 7) is 0.524. The van der Waals surface area contributed by atoms with Gasteiger partial charge in [0.1, 0.15) is 5.69 Å². The van der Waals surface area contributed by atoms with E-state index in [9.17, 15) is 0 Å². The molecule has 2 aromatic rings. The molecule has 0 saturated carbocycles. The van der Waals surface area contributed by atoms with Crippen LogP contribution in [0.1, 0.15) is 12.0 Å². The van der Waals surface area contributed by atoms with Crippen molar-refractivity contribution in [2.75, 3.05) is 0 Å². The van der Waals surface area contributed by atoms with E-state index in [0.29, 0.717) is 13.0 Å². The summed E-state index contributed by atoms with van der Waals surface area (Å²) in [5, 5.41) is 17.3. The average Bonchev–Trinajstić information content (AvgIpc) is 2.89. The highest BCUT2D eigenvalue weighted by molar-refractivity contribution is 9.10. The molecule has 2 rings (SSSR count). The second-order valence-corrected chi connectivity index (χ2v) is 5.70. The third-order valence-corrected chi connectivity index (χ3v) is 3.36. The fourth-order valence-corrected chi connectivity index (χ4v) is 2.12. The lowest BCUT2D eigenvalue weighted by Crippen LogP contribution is -2.24. The Hall–Kier alpha value is -2.24. The number of aryl methyl sites for hydroxylation is 1. The van der Waals surface area contributed by atoms with E-state index in [-0.39, 0.29) is 5.11 Å². The summed E-state index contributed by atoms with van der Waals surface area (Å²) < 4.78 is 2.72. The Kier molecular flexibility index (Phi) is 5.63. The molecule has 0 radical (unpaired) electrons. The van der Waals surface area contributed by atoms with Gasteiger partial charge in [-0.2, -0.15) is 15.5 Å². The maximum Gasteiger partial charge on any atom is 0.184 e. The van der Waals surface area contributed by atoms with Crippen LogP contribution in [0.25, 0.3) is 11.3 Å². The fourth-order valence-electron chi connectivity index (χ4n) is 1.81. The van der Waals surface area contributed by atoms with Gasteiger partial charge in [-0.05, 0) is 24.4 Å². The van der Waals surface area contributed by atoms with Crippen LogP contribution < -0.4 is 11.2 Å². The average molecular weight is 377 g/mol. The van der Waals surface area contributed by atoms with E-state index in [0.717, 1.165) is 21.3 Å². The molecule has 0 saturated heterocycles. The summed E-state index contributed by atoms with van der Waals surface area (Å²) in [6, 6.07) is 9.90. The molecule has 3 N–H and O–H groups in total. The van der Waals surface area contributed by atoms with Gasteiger partial charge in [-0.1, -0.05) is 28.1 Å². The second-order valence-electron chi connectivity index (χ2n) is 4.35. The zero-order valence-corrected chi connectivity index (χ0v) is 13.9. The topological polar surface area (TPSA) is 92.0 Å². The van der Waals surface area contributed by atoms with Crippen LogP contribution >= 0.6 is 28.1 Å². The monoisotopic (exact) mass is 376 g/mol. The van der Waals surface area contributed by atoms with Crippen LogP contribution in [-0.2, 0) is 6.54 Å². The summed E-state index contributed by atoms with van der Waals surface area (Å²) in [5.41, 5.74) is 10.4. The second kappa shape index (κ2) is 7.68. The Labute approximate surface area is 141 Å². The molecule has 8 heteroatoms. The molecule has 0 atom stereocenters. The van der Waals surface area contributed by atoms with Gasteiger partial charge in [0, 0.05) is 21.8 Å². The largest absolute Gasteiger partial charge is 0.375 e. The van der Waals surface area contributed by atoms with Crippen LogP contribution in [0, 0.1) is 11.3 Å². The molecule has 0 bridgehead atoms. The summed E-state index contributed by atoms with van der Waals surface area (Å²) in [4.78, 5) is 0. The molecule has 0 aliphatic carbocycles. The third kappa shape index (κ3) is 4.38. The van der Waals surface area contributed by atoms with Crippen molar-refractivity contribution in [2.24, 2.45) is 10.8 Å². The highest BCUT2D eigenvalue weighted by atomic mass is 79.9. The number of benzene rings is 1. The first-order chi connectivity index (χ1) is 10.6. The quantitative estimate of drug-likeness (QED) is 0.474. The van der Waals surface area contributed by atoms with E-state index in [1.54, 1.807) is 10.9 Å². The van der Waals surface area contributed by atoms with E-state index in [2.05, 4.69) is 37.6 Å². The summed E-state index contributed by atoms with van der Waals surface area (Å²) in [5.74, 6) is 0. The standard InChI is InChI=1S/C14H13BrN6S/c15-12-4-2-10(3-5-12)13-11(8-18-19-14(17)22)9-21(20-13)7-1-6-16/h2-5,8-9H,1,7H2,(H3,17,19,22)/b18-8+. The van der Waals surface area contributed by atoms with E-state index in [1.165, 1.54) is 0 Å². The van der Waals surface area contributed by atoms with Crippen LogP contribution in [0.15, 0.2) is 40.0 Å². The zero-order chi connectivity index (χ0) is 15.9. The van der Waals surface area contributed by atoms with Crippen molar-refractivity contribution >= 4 is 39.5 Å². The van der Waals surface area contributed by atoms with Crippen LogP contribution in [0.5, 0.6) is 0 Å². The van der Waals surface area contributed by atoms with Crippen LogP contribution in [-0.4, -0.2) is 21.1 Å². The van der Waals surface area contributed by atoms with Crippen molar-refractivity contribution in [3.8, 4) is 17.3 Å². The molecule has 1 aromatic carbocycles. The SMILES string of the molecule is N#CCCn1cc(/C=N/NC(N)=S)c(-c2ccc(Br)cc2)n1. The van der Waals surface area contributed by atoms with Crippen molar-refractivity contribution in [1.29, 1.82) is 5.26 Å². The summed E-state index contributed by atoms with van der Waals surface area (Å²) in [6.07, 6.45) is 3.83. The third-order valence-electron chi connectivity index (χ3n) is 2.74. The summed E-state index contributed by atoms with van der Waals surface area (Å²) >= 11 is 8.11. The van der Waals surface area contributed by atoms with Gasteiger partial charge in [-0.25, -0.2) is 0 Å². The van der Waals surface area contributed by atoms with Gasteiger partial charge in [0.15, 0.2) is 5.11 Å². The first-order valence-electron chi connectivity index (χ1n) is 6.39. The number of nitriles is 1. The lowest BCUT2D eigenvalue weighted by molar-refractivity contribution is 0.629. The normalized spacial score (nSPS) is 10.5. The lowest BCUT2D eigenvalue weighted by atomic mass is 10.1. The molecule has 0 fully saturated rings. The molecule has 6 nitrogen and oxygen atoms in total. The number of nitrogens with one attached hydrogen (secondary N) is 1. The first-order valence-corrected chi connectivity index (χ1v) is 7.59. The molecule has 0 spiro atoms. The Morgan fingerprint density at radius 2 is 2.23 bits per heavy atom. The molecule has 1 aromatic heterocycles. The van der Waals surface area contributed by atoms with Crippen molar-refractivity contribution in [3.05, 3.63) is 40.5 Å². The number of thiocarbonyl (C=S) groups is 1. The molecular formula is C14H13BrN6S. The van der Waals surface area contributed by atoms with Gasteiger partial charge >= 0.3 is 0 Å². The lowest BCUT2D eigenvalue weighted by Gasteiger charge is -1.99. The van der Waals surface area contributed by atoms with Gasteiger partial charge < -0.3 is 5.73 Å². The zero-order valence-electron chi connectivity index (χ0n) is 11.5. The highest BCUT2D eigenvalue weighted by Crippen LogP contribution is 2.23. The van der Waals surface area contributed by atoms with Gasteiger partial charge in [-0.3, -0.25) is 10.1 Å². The maximum absolute atomic E-state index is 8.69. The number of hydrogen-bond donors (Lipinski definition) is 2. The molecule has 112 valence electrons. The molecule has 0 aliphatic heterocycles. The Balaban J connectivity index is 2.34. The van der Waals surface area contributed by atoms with Crippen LogP contribution in [0.4, 0.5) is 0 Å². The highest BCUT2D eigenvalue weighted by Gasteiger charge is 2.10. The Bertz CT molecular complexity index is 729. The number of hydrogen-bond acceptors (Lipinski definition) is 4. The van der Waals surface area contributed by atoms with E-state index < -0.39 is 0 Å². The molecule has 0 amide bonds. The van der Waals surface area contributed by atoms with Crippen molar-refractivity contribution in [3.63, 3.8) is 0 Å². The van der Waals surface area contributed by atoms with Crippen LogP contribution in [0.3, 0.4) is 0 Å². The smallest absolute Gasteiger partial charge is 0.184 e. The number of aromatic nitrogens is 2. The van der Waals surface area contributed by atoms with E-state index in [4.69, 9.17) is 23.2 Å². The minimum Gasteiger partial charge on any atom is -0.375 e. The van der Waals surface area contributed by atoms with Gasteiger partial charge in [-0.15, -0.1) is 0 Å². The first kappa shape index (κ1) is 16.1. The van der Waals surface area contributed by atoms with Crippen LogP contribution in [0.2, 0.25) is 0 Å². The number of hydrazone groups is 1.